The van der Waals surface area contributed by atoms with Crippen molar-refractivity contribution in [3.8, 4) is 11.4 Å². The summed E-state index contributed by atoms with van der Waals surface area (Å²) in [6.07, 6.45) is 0. The van der Waals surface area contributed by atoms with E-state index < -0.39 is 5.91 Å². The molecule has 2 N–H and O–H groups in total. The van der Waals surface area contributed by atoms with E-state index in [1.807, 2.05) is 0 Å². The first-order chi connectivity index (χ1) is 10.6. The maximum atomic E-state index is 12.0. The maximum Gasteiger partial charge on any atom is 0.271 e. The van der Waals surface area contributed by atoms with Crippen LogP contribution < -0.4 is 11.3 Å². The molecule has 3 aromatic rings. The van der Waals surface area contributed by atoms with Gasteiger partial charge in [0.05, 0.1) is 11.4 Å². The second-order valence-corrected chi connectivity index (χ2v) is 4.49. The topological polar surface area (TPSA) is 122 Å². The highest BCUT2D eigenvalue weighted by Crippen LogP contribution is 2.12. The van der Waals surface area contributed by atoms with E-state index in [-0.39, 0.29) is 11.3 Å². The van der Waals surface area contributed by atoms with E-state index in [9.17, 15) is 9.59 Å². The Morgan fingerprint density at radius 2 is 1.86 bits per heavy atom. The number of nitrogens with zero attached hydrogens (tertiary/aromatic N) is 6. The molecule has 0 radical (unpaired) electrons. The number of hydrogen-bond acceptors (Lipinski definition) is 6. The molecule has 9 nitrogen and oxygen atoms in total. The lowest BCUT2D eigenvalue weighted by Gasteiger charge is -2.08. The molecular weight excluding hydrogens is 286 g/mol. The number of primary amides is 1. The first kappa shape index (κ1) is 13.6. The fourth-order valence-electron chi connectivity index (χ4n) is 1.95. The number of nitrogens with two attached hydrogens (primary N) is 1. The summed E-state index contributed by atoms with van der Waals surface area (Å²) in [5.74, 6) is -0.107. The Morgan fingerprint density at radius 3 is 2.50 bits per heavy atom. The molecule has 0 bridgehead atoms. The van der Waals surface area contributed by atoms with Gasteiger partial charge in [-0.15, -0.1) is 5.10 Å². The third-order valence-corrected chi connectivity index (χ3v) is 3.00. The van der Waals surface area contributed by atoms with Gasteiger partial charge in [-0.05, 0) is 41.6 Å². The van der Waals surface area contributed by atoms with Crippen LogP contribution in [0, 0.1) is 6.92 Å². The number of carbonyl (C=O) groups excluding carboxylic acids is 1. The van der Waals surface area contributed by atoms with E-state index in [1.54, 1.807) is 31.2 Å². The summed E-state index contributed by atoms with van der Waals surface area (Å²) in [5, 5.41) is 15.2. The summed E-state index contributed by atoms with van der Waals surface area (Å²) < 4.78 is 2.62. The molecule has 1 aromatic carbocycles. The molecule has 0 unspecified atom stereocenters. The molecule has 0 aliphatic heterocycles. The molecule has 22 heavy (non-hydrogen) atoms. The number of rotatable bonds is 3. The zero-order valence-electron chi connectivity index (χ0n) is 11.5. The average Bonchev–Trinajstić information content (AvgIpc) is 2.94. The van der Waals surface area contributed by atoms with Gasteiger partial charge in [-0.3, -0.25) is 9.59 Å². The van der Waals surface area contributed by atoms with Crippen molar-refractivity contribution in [2.75, 3.05) is 0 Å². The zero-order valence-corrected chi connectivity index (χ0v) is 11.5. The Hall–Kier alpha value is -3.36. The Kier molecular flexibility index (Phi) is 3.22. The molecule has 0 spiro atoms. The lowest BCUT2D eigenvalue weighted by atomic mass is 10.2. The van der Waals surface area contributed by atoms with Gasteiger partial charge in [0.2, 0.25) is 0 Å². The summed E-state index contributed by atoms with van der Waals surface area (Å²) in [7, 11) is 0. The highest BCUT2D eigenvalue weighted by Gasteiger charge is 2.09. The van der Waals surface area contributed by atoms with Crippen molar-refractivity contribution in [2.45, 2.75) is 6.92 Å². The molecule has 0 aliphatic rings. The minimum absolute atomic E-state index is 0.00334. The van der Waals surface area contributed by atoms with Crippen molar-refractivity contribution in [3.05, 3.63) is 58.3 Å². The standard InChI is InChI=1S/C13H11N7O2/c1-8-15-17-18-19(8)9-3-2-4-10(7-9)20-12(21)6-5-11(16-20)13(14)22/h2-7H,1H3,(H2,14,22). The van der Waals surface area contributed by atoms with Gasteiger partial charge >= 0.3 is 0 Å². The summed E-state index contributed by atoms with van der Waals surface area (Å²) in [4.78, 5) is 23.2. The van der Waals surface area contributed by atoms with Crippen LogP contribution in [0.15, 0.2) is 41.2 Å². The molecule has 0 aliphatic carbocycles. The largest absolute Gasteiger partial charge is 0.364 e. The normalized spacial score (nSPS) is 10.6. The van der Waals surface area contributed by atoms with Gasteiger partial charge in [-0.25, -0.2) is 0 Å². The Bertz CT molecular complexity index is 913. The summed E-state index contributed by atoms with van der Waals surface area (Å²) >= 11 is 0. The second kappa shape index (κ2) is 5.20. The first-order valence-electron chi connectivity index (χ1n) is 6.32. The van der Waals surface area contributed by atoms with E-state index in [0.717, 1.165) is 4.68 Å². The molecule has 0 atom stereocenters. The van der Waals surface area contributed by atoms with Gasteiger partial charge in [-0.2, -0.15) is 14.5 Å². The van der Waals surface area contributed by atoms with Crippen LogP contribution in [-0.2, 0) is 0 Å². The molecule has 2 aromatic heterocycles. The van der Waals surface area contributed by atoms with E-state index in [2.05, 4.69) is 20.6 Å². The van der Waals surface area contributed by atoms with E-state index in [4.69, 9.17) is 5.73 Å². The summed E-state index contributed by atoms with van der Waals surface area (Å²) in [6, 6.07) is 9.41. The molecule has 110 valence electrons. The van der Waals surface area contributed by atoms with Gasteiger partial charge < -0.3 is 5.73 Å². The number of benzene rings is 1. The molecule has 2 heterocycles. The van der Waals surface area contributed by atoms with Crippen molar-refractivity contribution in [1.29, 1.82) is 0 Å². The summed E-state index contributed by atoms with van der Waals surface area (Å²) in [5.41, 5.74) is 5.95. The van der Waals surface area contributed by atoms with Gasteiger partial charge in [0.1, 0.15) is 5.69 Å². The third-order valence-electron chi connectivity index (χ3n) is 3.00. The van der Waals surface area contributed by atoms with E-state index in [1.165, 1.54) is 16.8 Å². The van der Waals surface area contributed by atoms with Crippen LogP contribution in [0.2, 0.25) is 0 Å². The number of aromatic nitrogens is 6. The van der Waals surface area contributed by atoms with Crippen LogP contribution in [0.4, 0.5) is 0 Å². The predicted molar refractivity (Wildman–Crippen MR) is 75.8 cm³/mol. The molecule has 0 fully saturated rings. The van der Waals surface area contributed by atoms with Crippen LogP contribution in [0.25, 0.3) is 11.4 Å². The van der Waals surface area contributed by atoms with E-state index in [0.29, 0.717) is 17.2 Å². The van der Waals surface area contributed by atoms with Gasteiger partial charge in [0, 0.05) is 6.07 Å². The van der Waals surface area contributed by atoms with Crippen molar-refractivity contribution >= 4 is 5.91 Å². The SMILES string of the molecule is Cc1nnnn1-c1cccc(-n2nc(C(N)=O)ccc2=O)c1. The van der Waals surface area contributed by atoms with Crippen molar-refractivity contribution in [1.82, 2.24) is 30.0 Å². The maximum absolute atomic E-state index is 12.0. The van der Waals surface area contributed by atoms with Gasteiger partial charge in [0.25, 0.3) is 11.5 Å². The fraction of sp³-hybridized carbons (Fsp3) is 0.0769. The monoisotopic (exact) mass is 297 g/mol. The highest BCUT2D eigenvalue weighted by atomic mass is 16.1. The number of tetrazole rings is 1. The Morgan fingerprint density at radius 1 is 1.14 bits per heavy atom. The van der Waals surface area contributed by atoms with Crippen LogP contribution >= 0.6 is 0 Å². The lowest BCUT2D eigenvalue weighted by Crippen LogP contribution is -2.25. The number of carbonyl (C=O) groups is 1. The van der Waals surface area contributed by atoms with Gasteiger partial charge in [0.15, 0.2) is 5.82 Å². The third kappa shape index (κ3) is 2.35. The second-order valence-electron chi connectivity index (χ2n) is 4.49. The van der Waals surface area contributed by atoms with Crippen molar-refractivity contribution < 1.29 is 4.79 Å². The predicted octanol–water partition coefficient (Wildman–Crippen LogP) is -0.384. The zero-order chi connectivity index (χ0) is 15.7. The lowest BCUT2D eigenvalue weighted by molar-refractivity contribution is 0.0994. The average molecular weight is 297 g/mol. The van der Waals surface area contributed by atoms with Crippen LogP contribution in [-0.4, -0.2) is 35.9 Å². The van der Waals surface area contributed by atoms with Gasteiger partial charge in [-0.1, -0.05) is 6.07 Å². The van der Waals surface area contributed by atoms with Crippen LogP contribution in [0.3, 0.4) is 0 Å². The number of amides is 1. The molecule has 0 saturated heterocycles. The molecule has 0 saturated carbocycles. The minimum Gasteiger partial charge on any atom is -0.364 e. The molecule has 3 rings (SSSR count). The smallest absolute Gasteiger partial charge is 0.271 e. The Labute approximate surface area is 124 Å². The van der Waals surface area contributed by atoms with E-state index >= 15 is 0 Å². The number of aryl methyl sites for hydroxylation is 1. The van der Waals surface area contributed by atoms with Crippen LogP contribution in [0.1, 0.15) is 16.3 Å². The number of hydrogen-bond donors (Lipinski definition) is 1. The van der Waals surface area contributed by atoms with Crippen molar-refractivity contribution in [2.24, 2.45) is 5.73 Å². The van der Waals surface area contributed by atoms with Crippen LogP contribution in [0.5, 0.6) is 0 Å². The Balaban J connectivity index is 2.14. The first-order valence-corrected chi connectivity index (χ1v) is 6.32. The summed E-state index contributed by atoms with van der Waals surface area (Å²) in [6.45, 7) is 1.75. The fourth-order valence-corrected chi connectivity index (χ4v) is 1.95. The van der Waals surface area contributed by atoms with Crippen molar-refractivity contribution in [3.63, 3.8) is 0 Å². The molecular formula is C13H11N7O2. The highest BCUT2D eigenvalue weighted by molar-refractivity contribution is 5.90. The molecule has 1 amide bonds. The molecule has 9 heteroatoms. The minimum atomic E-state index is -0.707. The quantitative estimate of drug-likeness (QED) is 0.703.